The first-order valence-electron chi connectivity index (χ1n) is 9.99. The fourth-order valence-electron chi connectivity index (χ4n) is 3.49. The van der Waals surface area contributed by atoms with Crippen molar-refractivity contribution in [2.75, 3.05) is 13.1 Å². The number of hydrogen-bond acceptors (Lipinski definition) is 5. The summed E-state index contributed by atoms with van der Waals surface area (Å²) < 4.78 is 32.1. The van der Waals surface area contributed by atoms with Crippen LogP contribution in [0.3, 0.4) is 0 Å². The molecule has 1 aromatic carbocycles. The maximum absolute atomic E-state index is 14.9. The summed E-state index contributed by atoms with van der Waals surface area (Å²) in [6, 6.07) is 4.56. The minimum atomic E-state index is -1.33. The molecular formula is C21H31BFNO5. The number of hydrogen-bond donors (Lipinski definition) is 1. The maximum Gasteiger partial charge on any atom is 0.497 e. The van der Waals surface area contributed by atoms with Crippen LogP contribution < -0.4 is 5.46 Å². The number of likely N-dealkylation sites (tertiary alicyclic amines) is 1. The molecule has 1 aromatic rings. The van der Waals surface area contributed by atoms with E-state index < -0.39 is 41.4 Å². The summed E-state index contributed by atoms with van der Waals surface area (Å²) in [4.78, 5) is 13.7. The molecule has 6 nitrogen and oxygen atoms in total. The predicted molar refractivity (Wildman–Crippen MR) is 108 cm³/mol. The van der Waals surface area contributed by atoms with E-state index in [0.29, 0.717) is 18.5 Å². The average Bonchev–Trinajstić information content (AvgIpc) is 3.04. The van der Waals surface area contributed by atoms with Crippen molar-refractivity contribution in [2.24, 2.45) is 0 Å². The van der Waals surface area contributed by atoms with Gasteiger partial charge in [0.2, 0.25) is 0 Å². The van der Waals surface area contributed by atoms with Crippen LogP contribution in [0.5, 0.6) is 0 Å². The van der Waals surface area contributed by atoms with Crippen LogP contribution in [-0.2, 0) is 19.6 Å². The molecule has 0 radical (unpaired) electrons. The fraction of sp³-hybridized carbons (Fsp3) is 0.667. The highest BCUT2D eigenvalue weighted by molar-refractivity contribution is 6.62. The summed E-state index contributed by atoms with van der Waals surface area (Å²) in [5.74, 6) is -0.509. The first-order chi connectivity index (χ1) is 13.1. The van der Waals surface area contributed by atoms with Gasteiger partial charge in [0.1, 0.15) is 17.0 Å². The van der Waals surface area contributed by atoms with Gasteiger partial charge in [0.05, 0.1) is 17.7 Å². The predicted octanol–water partition coefficient (Wildman–Crippen LogP) is 2.95. The molecule has 160 valence electrons. The molecule has 2 heterocycles. The highest BCUT2D eigenvalue weighted by Crippen LogP contribution is 2.37. The Hall–Kier alpha value is -1.64. The summed E-state index contributed by atoms with van der Waals surface area (Å²) in [7, 11) is -0.814. The van der Waals surface area contributed by atoms with E-state index in [4.69, 9.17) is 14.0 Å². The Bertz CT molecular complexity index is 791. The zero-order valence-electron chi connectivity index (χ0n) is 18.3. The summed E-state index contributed by atoms with van der Waals surface area (Å²) in [5, 5.41) is 11.0. The van der Waals surface area contributed by atoms with Gasteiger partial charge in [0, 0.05) is 12.0 Å². The van der Waals surface area contributed by atoms with Gasteiger partial charge >= 0.3 is 13.2 Å². The minimum Gasteiger partial charge on any atom is -0.444 e. The molecule has 0 bridgehead atoms. The van der Waals surface area contributed by atoms with Crippen molar-refractivity contribution in [3.63, 3.8) is 0 Å². The molecule has 2 aliphatic heterocycles. The lowest BCUT2D eigenvalue weighted by Crippen LogP contribution is -2.41. The van der Waals surface area contributed by atoms with Crippen LogP contribution in [0.1, 0.15) is 60.5 Å². The molecule has 0 spiro atoms. The molecule has 2 saturated heterocycles. The van der Waals surface area contributed by atoms with Crippen LogP contribution in [0.25, 0.3) is 0 Å². The van der Waals surface area contributed by atoms with E-state index in [-0.39, 0.29) is 12.0 Å². The van der Waals surface area contributed by atoms with Gasteiger partial charge in [-0.15, -0.1) is 0 Å². The molecule has 1 atom stereocenters. The van der Waals surface area contributed by atoms with Crippen LogP contribution in [0.4, 0.5) is 9.18 Å². The number of β-amino-alcohol motifs (C(OH)–C–C–N with tert-alkyl or cyclic N) is 1. The molecule has 0 aromatic heterocycles. The topological polar surface area (TPSA) is 68.2 Å². The van der Waals surface area contributed by atoms with Crippen molar-refractivity contribution in [3.8, 4) is 0 Å². The number of benzene rings is 1. The van der Waals surface area contributed by atoms with Gasteiger partial charge in [-0.3, -0.25) is 0 Å². The monoisotopic (exact) mass is 407 g/mol. The van der Waals surface area contributed by atoms with E-state index in [9.17, 15) is 14.3 Å². The average molecular weight is 407 g/mol. The Balaban J connectivity index is 1.76. The maximum atomic E-state index is 14.9. The molecule has 1 amide bonds. The molecule has 0 saturated carbocycles. The van der Waals surface area contributed by atoms with Crippen molar-refractivity contribution in [2.45, 2.75) is 77.3 Å². The third-order valence-corrected chi connectivity index (χ3v) is 5.94. The van der Waals surface area contributed by atoms with Gasteiger partial charge < -0.3 is 24.1 Å². The lowest BCUT2D eigenvalue weighted by atomic mass is 9.77. The quantitative estimate of drug-likeness (QED) is 0.764. The Morgan fingerprint density at radius 3 is 2.31 bits per heavy atom. The van der Waals surface area contributed by atoms with Crippen molar-refractivity contribution in [3.05, 3.63) is 29.6 Å². The lowest BCUT2D eigenvalue weighted by Gasteiger charge is -2.32. The Morgan fingerprint density at radius 2 is 1.79 bits per heavy atom. The van der Waals surface area contributed by atoms with Crippen molar-refractivity contribution in [1.29, 1.82) is 0 Å². The number of ether oxygens (including phenoxy) is 1. The molecular weight excluding hydrogens is 376 g/mol. The first kappa shape index (κ1) is 22.1. The largest absolute Gasteiger partial charge is 0.497 e. The second kappa shape index (κ2) is 6.96. The van der Waals surface area contributed by atoms with E-state index in [1.165, 1.54) is 11.0 Å². The van der Waals surface area contributed by atoms with E-state index in [0.717, 1.165) is 0 Å². The number of halogens is 1. The van der Waals surface area contributed by atoms with Crippen LogP contribution in [0.15, 0.2) is 18.2 Å². The number of aliphatic hydroxyl groups is 1. The fourth-order valence-corrected chi connectivity index (χ4v) is 3.49. The molecule has 29 heavy (non-hydrogen) atoms. The number of nitrogens with zero attached hydrogens (tertiary/aromatic N) is 1. The summed E-state index contributed by atoms with van der Waals surface area (Å²) in [6.45, 7) is 13.4. The van der Waals surface area contributed by atoms with Crippen molar-refractivity contribution >= 4 is 18.7 Å². The van der Waals surface area contributed by atoms with Gasteiger partial charge in [-0.2, -0.15) is 0 Å². The highest BCUT2D eigenvalue weighted by atomic mass is 19.1. The summed E-state index contributed by atoms with van der Waals surface area (Å²) >= 11 is 0. The van der Waals surface area contributed by atoms with Crippen LogP contribution in [0, 0.1) is 5.82 Å². The third kappa shape index (κ3) is 4.30. The summed E-state index contributed by atoms with van der Waals surface area (Å²) in [6.07, 6.45) is -0.177. The van der Waals surface area contributed by atoms with E-state index in [1.807, 2.05) is 27.7 Å². The third-order valence-electron chi connectivity index (χ3n) is 5.94. The van der Waals surface area contributed by atoms with Crippen molar-refractivity contribution in [1.82, 2.24) is 4.90 Å². The second-order valence-electron chi connectivity index (χ2n) is 10.0. The molecule has 1 N–H and O–H groups in total. The van der Waals surface area contributed by atoms with Gasteiger partial charge in [-0.1, -0.05) is 12.1 Å². The zero-order valence-corrected chi connectivity index (χ0v) is 18.3. The highest BCUT2D eigenvalue weighted by Gasteiger charge is 2.52. The van der Waals surface area contributed by atoms with E-state index in [1.54, 1.807) is 32.9 Å². The van der Waals surface area contributed by atoms with Gasteiger partial charge in [-0.25, -0.2) is 9.18 Å². The molecule has 3 rings (SSSR count). The smallest absolute Gasteiger partial charge is 0.444 e. The van der Waals surface area contributed by atoms with Gasteiger partial charge in [-0.05, 0) is 66.5 Å². The zero-order chi connectivity index (χ0) is 21.8. The Kier molecular flexibility index (Phi) is 5.29. The molecule has 2 fully saturated rings. The van der Waals surface area contributed by atoms with E-state index in [2.05, 4.69) is 0 Å². The second-order valence-corrected chi connectivity index (χ2v) is 10.0. The Morgan fingerprint density at radius 1 is 1.21 bits per heavy atom. The first-order valence-corrected chi connectivity index (χ1v) is 9.99. The normalized spacial score (nSPS) is 26.1. The summed E-state index contributed by atoms with van der Waals surface area (Å²) in [5.41, 5.74) is -2.37. The number of rotatable bonds is 2. The molecule has 8 heteroatoms. The standard InChI is InChI=1S/C21H31BFNO5/c1-18(2,3)27-17(25)24-11-10-21(26,13-24)14-8-9-15(16(23)12-14)22-28-19(4,5)20(6,7)29-22/h8-9,12,26H,10-11,13H2,1-7H3. The number of amides is 1. The number of carbonyl (C=O) groups excluding carboxylic acids is 1. The van der Waals surface area contributed by atoms with E-state index >= 15 is 0 Å². The molecule has 0 aliphatic carbocycles. The molecule has 2 aliphatic rings. The minimum absolute atomic E-state index is 0.0528. The van der Waals surface area contributed by atoms with Gasteiger partial charge in [0.15, 0.2) is 0 Å². The van der Waals surface area contributed by atoms with Crippen LogP contribution in [0.2, 0.25) is 0 Å². The van der Waals surface area contributed by atoms with Crippen LogP contribution >= 0.6 is 0 Å². The van der Waals surface area contributed by atoms with Crippen LogP contribution in [-0.4, -0.2) is 53.1 Å². The Labute approximate surface area is 172 Å². The molecule has 1 unspecified atom stereocenters. The lowest BCUT2D eigenvalue weighted by molar-refractivity contribution is 0.00578. The number of carbonyl (C=O) groups is 1. The SMILES string of the molecule is CC(C)(C)OC(=O)N1CCC(O)(c2ccc(B3OC(C)(C)C(C)(C)O3)c(F)c2)C1. The van der Waals surface area contributed by atoms with Gasteiger partial charge in [0.25, 0.3) is 0 Å². The van der Waals surface area contributed by atoms with Crippen molar-refractivity contribution < 1.29 is 28.3 Å².